The van der Waals surface area contributed by atoms with Crippen LogP contribution < -0.4 is 5.32 Å². The molecular weight excluding hydrogens is 230 g/mol. The van der Waals surface area contributed by atoms with E-state index in [-0.39, 0.29) is 0 Å². The van der Waals surface area contributed by atoms with Crippen molar-refractivity contribution in [3.8, 4) is 0 Å². The van der Waals surface area contributed by atoms with Gasteiger partial charge in [0.1, 0.15) is 0 Å². The summed E-state index contributed by atoms with van der Waals surface area (Å²) in [6, 6.07) is 9.43. The Hall–Kier alpha value is -0.820. The Morgan fingerprint density at radius 1 is 1.05 bits per heavy atom. The van der Waals surface area contributed by atoms with Crippen molar-refractivity contribution >= 4 is 0 Å². The van der Waals surface area contributed by atoms with E-state index in [4.69, 9.17) is 0 Å². The van der Waals surface area contributed by atoms with Gasteiger partial charge in [-0.2, -0.15) is 0 Å². The molecule has 0 aromatic heterocycles. The second-order valence-electron chi connectivity index (χ2n) is 7.53. The van der Waals surface area contributed by atoms with Gasteiger partial charge in [-0.05, 0) is 48.8 Å². The summed E-state index contributed by atoms with van der Waals surface area (Å²) in [5, 5.41) is 3.69. The fourth-order valence-electron chi connectivity index (χ4n) is 3.74. The van der Waals surface area contributed by atoms with E-state index in [0.29, 0.717) is 16.4 Å². The predicted molar refractivity (Wildman–Crippen MR) is 81.4 cm³/mol. The third-order valence-corrected chi connectivity index (χ3v) is 5.42. The van der Waals surface area contributed by atoms with Gasteiger partial charge in [-0.25, -0.2) is 0 Å². The molecule has 0 spiro atoms. The Balaban J connectivity index is 1.94. The van der Waals surface area contributed by atoms with E-state index < -0.39 is 0 Å². The molecule has 1 nitrogen and oxygen atoms in total. The van der Waals surface area contributed by atoms with Crippen molar-refractivity contribution < 1.29 is 0 Å². The van der Waals surface area contributed by atoms with Crippen molar-refractivity contribution in [2.75, 3.05) is 6.54 Å². The highest BCUT2D eigenvalue weighted by Gasteiger charge is 2.53. The highest BCUT2D eigenvalue weighted by molar-refractivity contribution is 5.41. The molecule has 0 bridgehead atoms. The number of nitrogens with one attached hydrogen (secondary N) is 1. The largest absolute Gasteiger partial charge is 0.308 e. The summed E-state index contributed by atoms with van der Waals surface area (Å²) in [4.78, 5) is 0. The lowest BCUT2D eigenvalue weighted by Gasteiger charge is -2.32. The second kappa shape index (κ2) is 4.09. The smallest absolute Gasteiger partial charge is 0.0436 e. The van der Waals surface area contributed by atoms with Crippen LogP contribution in [-0.4, -0.2) is 6.54 Å². The molecule has 1 N–H and O–H groups in total. The summed E-state index contributed by atoms with van der Waals surface area (Å²) < 4.78 is 0. The van der Waals surface area contributed by atoms with Gasteiger partial charge < -0.3 is 5.32 Å². The third-order valence-electron chi connectivity index (χ3n) is 5.42. The number of benzene rings is 1. The van der Waals surface area contributed by atoms with Crippen LogP contribution in [-0.2, 0) is 11.0 Å². The minimum atomic E-state index is 0.304. The summed E-state index contributed by atoms with van der Waals surface area (Å²) >= 11 is 0. The van der Waals surface area contributed by atoms with Crippen LogP contribution in [0, 0.1) is 5.41 Å². The molecule has 3 rings (SSSR count). The molecule has 19 heavy (non-hydrogen) atoms. The number of hydrogen-bond donors (Lipinski definition) is 1. The number of hydrogen-bond acceptors (Lipinski definition) is 1. The van der Waals surface area contributed by atoms with Gasteiger partial charge in [-0.15, -0.1) is 0 Å². The fraction of sp³-hybridized carbons (Fsp3) is 0.667. The second-order valence-corrected chi connectivity index (χ2v) is 7.53. The average Bonchev–Trinajstić information content (AvgIpc) is 3.24. The van der Waals surface area contributed by atoms with Crippen LogP contribution >= 0.6 is 0 Å². The van der Waals surface area contributed by atoms with Gasteiger partial charge in [-0.1, -0.05) is 52.0 Å². The maximum absolute atomic E-state index is 3.69. The van der Waals surface area contributed by atoms with E-state index in [0.717, 1.165) is 6.54 Å². The van der Waals surface area contributed by atoms with E-state index in [1.54, 1.807) is 5.56 Å². The van der Waals surface area contributed by atoms with Crippen molar-refractivity contribution in [2.24, 2.45) is 5.41 Å². The molecule has 0 heterocycles. The molecule has 0 saturated heterocycles. The van der Waals surface area contributed by atoms with Gasteiger partial charge in [0, 0.05) is 11.0 Å². The average molecular weight is 257 g/mol. The summed E-state index contributed by atoms with van der Waals surface area (Å²) in [5.74, 6) is 0. The standard InChI is InChI=1S/C18H27N/c1-5-19-18(11-12-18)15-8-6-7-14(13-15)17(9-10-17)16(2,3)4/h6-8,13,19H,5,9-12H2,1-4H3. The molecule has 0 unspecified atom stereocenters. The van der Waals surface area contributed by atoms with E-state index in [2.05, 4.69) is 57.3 Å². The molecule has 2 fully saturated rings. The topological polar surface area (TPSA) is 12.0 Å². The van der Waals surface area contributed by atoms with Crippen molar-refractivity contribution in [1.82, 2.24) is 5.32 Å². The zero-order chi connectivity index (χ0) is 13.7. The molecule has 2 aliphatic carbocycles. The van der Waals surface area contributed by atoms with Gasteiger partial charge in [0.2, 0.25) is 0 Å². The highest BCUT2D eigenvalue weighted by Crippen LogP contribution is 2.60. The van der Waals surface area contributed by atoms with Crippen LogP contribution in [0.2, 0.25) is 0 Å². The van der Waals surface area contributed by atoms with Crippen LogP contribution in [0.5, 0.6) is 0 Å². The molecule has 1 heteroatoms. The normalized spacial score (nSPS) is 23.2. The van der Waals surface area contributed by atoms with Crippen LogP contribution in [0.4, 0.5) is 0 Å². The van der Waals surface area contributed by atoms with Crippen molar-refractivity contribution in [3.05, 3.63) is 35.4 Å². The molecule has 0 radical (unpaired) electrons. The molecular formula is C18H27N. The van der Waals surface area contributed by atoms with Crippen LogP contribution in [0.1, 0.15) is 64.5 Å². The number of rotatable bonds is 4. The van der Waals surface area contributed by atoms with E-state index in [1.165, 1.54) is 31.2 Å². The summed E-state index contributed by atoms with van der Waals surface area (Å²) in [7, 11) is 0. The Labute approximate surface area is 117 Å². The van der Waals surface area contributed by atoms with E-state index in [1.807, 2.05) is 0 Å². The Kier molecular flexibility index (Phi) is 2.83. The van der Waals surface area contributed by atoms with Crippen LogP contribution in [0.15, 0.2) is 24.3 Å². The molecule has 1 aromatic rings. The molecule has 1 aromatic carbocycles. The quantitative estimate of drug-likeness (QED) is 0.845. The summed E-state index contributed by atoms with van der Waals surface area (Å²) in [6.07, 6.45) is 5.31. The molecule has 2 saturated carbocycles. The minimum Gasteiger partial charge on any atom is -0.308 e. The maximum atomic E-state index is 3.69. The summed E-state index contributed by atoms with van der Waals surface area (Å²) in [6.45, 7) is 10.5. The van der Waals surface area contributed by atoms with Gasteiger partial charge in [0.15, 0.2) is 0 Å². The van der Waals surface area contributed by atoms with Gasteiger partial charge >= 0.3 is 0 Å². The lowest BCUT2D eigenvalue weighted by atomic mass is 9.73. The first-order valence-electron chi connectivity index (χ1n) is 7.80. The fourth-order valence-corrected chi connectivity index (χ4v) is 3.74. The van der Waals surface area contributed by atoms with Gasteiger partial charge in [0.05, 0.1) is 0 Å². The van der Waals surface area contributed by atoms with Crippen molar-refractivity contribution in [2.45, 2.75) is 64.3 Å². The molecule has 0 atom stereocenters. The van der Waals surface area contributed by atoms with Crippen molar-refractivity contribution in [3.63, 3.8) is 0 Å². The molecule has 2 aliphatic rings. The Morgan fingerprint density at radius 2 is 1.68 bits per heavy atom. The zero-order valence-corrected chi connectivity index (χ0v) is 12.8. The Bertz CT molecular complexity index is 473. The summed E-state index contributed by atoms with van der Waals surface area (Å²) in [5.41, 5.74) is 4.20. The first-order valence-corrected chi connectivity index (χ1v) is 7.80. The lowest BCUT2D eigenvalue weighted by Crippen LogP contribution is -2.30. The van der Waals surface area contributed by atoms with E-state index >= 15 is 0 Å². The SMILES string of the molecule is CCNC1(c2cccc(C3(C(C)(C)C)CC3)c2)CC1. The first kappa shape index (κ1) is 13.2. The van der Waals surface area contributed by atoms with Gasteiger partial charge in [0.25, 0.3) is 0 Å². The van der Waals surface area contributed by atoms with Crippen LogP contribution in [0.3, 0.4) is 0 Å². The molecule has 0 amide bonds. The highest BCUT2D eigenvalue weighted by atomic mass is 15.0. The molecule has 104 valence electrons. The molecule has 0 aliphatic heterocycles. The first-order chi connectivity index (χ1) is 8.94. The van der Waals surface area contributed by atoms with Gasteiger partial charge in [-0.3, -0.25) is 0 Å². The lowest BCUT2D eigenvalue weighted by molar-refractivity contribution is 0.298. The van der Waals surface area contributed by atoms with Crippen LogP contribution in [0.25, 0.3) is 0 Å². The zero-order valence-electron chi connectivity index (χ0n) is 12.8. The van der Waals surface area contributed by atoms with E-state index in [9.17, 15) is 0 Å². The monoisotopic (exact) mass is 257 g/mol. The van der Waals surface area contributed by atoms with Crippen molar-refractivity contribution in [1.29, 1.82) is 0 Å². The maximum Gasteiger partial charge on any atom is 0.0436 e. The Morgan fingerprint density at radius 3 is 2.16 bits per heavy atom. The minimum absolute atomic E-state index is 0.304. The predicted octanol–water partition coefficient (Wildman–Crippen LogP) is 4.36. The third kappa shape index (κ3) is 2.03.